The number of carboxylic acid groups (broad SMARTS) is 2. The van der Waals surface area contributed by atoms with Gasteiger partial charge in [-0.2, -0.15) is 0 Å². The van der Waals surface area contributed by atoms with E-state index < -0.39 is 58.5 Å². The van der Waals surface area contributed by atoms with Crippen LogP contribution in [0.15, 0.2) is 48.5 Å². The Balaban J connectivity index is 1.83. The number of halogens is 1. The molecule has 3 rings (SSSR count). The van der Waals surface area contributed by atoms with Crippen LogP contribution in [0.1, 0.15) is 50.1 Å². The molecule has 11 heteroatoms. The maximum absolute atomic E-state index is 14.7. The number of benzene rings is 2. The summed E-state index contributed by atoms with van der Waals surface area (Å²) >= 11 is 1.16. The molecule has 0 aromatic heterocycles. The number of rotatable bonds is 7. The number of amides is 3. The van der Waals surface area contributed by atoms with E-state index in [0.29, 0.717) is 11.3 Å². The molecule has 0 bridgehead atoms. The number of hydrogen-bond acceptors (Lipinski definition) is 5. The van der Waals surface area contributed by atoms with Gasteiger partial charge in [-0.3, -0.25) is 9.59 Å². The number of nitrogens with zero attached hydrogens (tertiary/aromatic N) is 1. The summed E-state index contributed by atoms with van der Waals surface area (Å²) in [6.45, 7) is 6.10. The minimum atomic E-state index is -1.65. The highest BCUT2D eigenvalue weighted by Crippen LogP contribution is 2.53. The van der Waals surface area contributed by atoms with E-state index >= 15 is 0 Å². The molecule has 0 aliphatic carbocycles. The number of carboxylic acids is 2. The quantitative estimate of drug-likeness (QED) is 0.419. The number of carbonyl (C=O) groups is 4. The fraction of sp³-hybridized carbons (Fsp3) is 0.385. The van der Waals surface area contributed by atoms with Crippen LogP contribution in [0.4, 0.5) is 14.9 Å². The van der Waals surface area contributed by atoms with Gasteiger partial charge in [-0.05, 0) is 36.1 Å². The van der Waals surface area contributed by atoms with E-state index in [1.165, 1.54) is 36.1 Å². The standard InChI is InChI=1S/C26H30FN3O6S/c1-15(22(32)33)16-8-7-9-17(12-16)29-24(36)28-13-20(31)30-21(18-10-5-6-11-19(18)27)37-14-26(30,23(34)35)25(2,3)4/h5-12,15,21H,13-14H2,1-4H3,(H,32,33)(H,34,35)(H2,28,29,36). The number of hydrogen-bond donors (Lipinski definition) is 4. The molecular weight excluding hydrogens is 501 g/mol. The van der Waals surface area contributed by atoms with Gasteiger partial charge in [0.1, 0.15) is 11.2 Å². The highest BCUT2D eigenvalue weighted by Gasteiger charge is 2.61. The zero-order valence-electron chi connectivity index (χ0n) is 20.9. The fourth-order valence-corrected chi connectivity index (χ4v) is 6.21. The first-order valence-corrected chi connectivity index (χ1v) is 12.6. The summed E-state index contributed by atoms with van der Waals surface area (Å²) in [5.74, 6) is -4.21. The molecule has 37 heavy (non-hydrogen) atoms. The molecule has 1 aliphatic rings. The summed E-state index contributed by atoms with van der Waals surface area (Å²) in [5.41, 5.74) is -1.57. The van der Waals surface area contributed by atoms with Crippen molar-refractivity contribution in [3.8, 4) is 0 Å². The Morgan fingerprint density at radius 2 is 1.81 bits per heavy atom. The van der Waals surface area contributed by atoms with Gasteiger partial charge in [0, 0.05) is 17.0 Å². The highest BCUT2D eigenvalue weighted by molar-refractivity contribution is 7.99. The van der Waals surface area contributed by atoms with Crippen LogP contribution < -0.4 is 10.6 Å². The number of thioether (sulfide) groups is 1. The predicted molar refractivity (Wildman–Crippen MR) is 138 cm³/mol. The molecule has 1 aliphatic heterocycles. The van der Waals surface area contributed by atoms with Crippen LogP contribution in [0.5, 0.6) is 0 Å². The van der Waals surface area contributed by atoms with E-state index in [0.717, 1.165) is 11.8 Å². The topological polar surface area (TPSA) is 136 Å². The summed E-state index contributed by atoms with van der Waals surface area (Å²) in [5, 5.41) is 23.6. The third-order valence-electron chi connectivity index (χ3n) is 6.55. The van der Waals surface area contributed by atoms with Crippen LogP contribution in [0.2, 0.25) is 0 Å². The second kappa shape index (κ2) is 10.8. The first-order valence-electron chi connectivity index (χ1n) is 11.6. The van der Waals surface area contributed by atoms with E-state index in [1.54, 1.807) is 45.0 Å². The third-order valence-corrected chi connectivity index (χ3v) is 7.91. The van der Waals surface area contributed by atoms with Crippen molar-refractivity contribution in [2.45, 2.75) is 44.5 Å². The van der Waals surface area contributed by atoms with Crippen molar-refractivity contribution in [1.29, 1.82) is 0 Å². The van der Waals surface area contributed by atoms with Gasteiger partial charge in [0.15, 0.2) is 5.54 Å². The van der Waals surface area contributed by atoms with Gasteiger partial charge >= 0.3 is 18.0 Å². The molecule has 1 fully saturated rings. The Kier molecular flexibility index (Phi) is 8.16. The lowest BCUT2D eigenvalue weighted by Gasteiger charge is -2.45. The van der Waals surface area contributed by atoms with Gasteiger partial charge in [-0.1, -0.05) is 51.1 Å². The lowest BCUT2D eigenvalue weighted by molar-refractivity contribution is -0.165. The molecule has 1 saturated heterocycles. The minimum Gasteiger partial charge on any atom is -0.481 e. The van der Waals surface area contributed by atoms with E-state index in [1.807, 2.05) is 0 Å². The zero-order chi connectivity index (χ0) is 27.5. The molecule has 2 aromatic carbocycles. The summed E-state index contributed by atoms with van der Waals surface area (Å²) in [6, 6.07) is 11.5. The highest BCUT2D eigenvalue weighted by atomic mass is 32.2. The van der Waals surface area contributed by atoms with Crippen molar-refractivity contribution in [3.63, 3.8) is 0 Å². The lowest BCUT2D eigenvalue weighted by Crippen LogP contribution is -2.64. The van der Waals surface area contributed by atoms with Gasteiger partial charge in [-0.25, -0.2) is 14.0 Å². The Morgan fingerprint density at radius 3 is 2.41 bits per heavy atom. The number of nitrogens with one attached hydrogen (secondary N) is 2. The van der Waals surface area contributed by atoms with E-state index in [-0.39, 0.29) is 11.3 Å². The first-order chi connectivity index (χ1) is 17.3. The fourth-order valence-electron chi connectivity index (χ4n) is 4.30. The van der Waals surface area contributed by atoms with E-state index in [2.05, 4.69) is 10.6 Å². The average molecular weight is 532 g/mol. The number of aliphatic carboxylic acids is 2. The number of anilines is 1. The Morgan fingerprint density at radius 1 is 1.14 bits per heavy atom. The van der Waals surface area contributed by atoms with Crippen LogP contribution in [0.3, 0.4) is 0 Å². The van der Waals surface area contributed by atoms with Crippen molar-refractivity contribution in [2.75, 3.05) is 17.6 Å². The van der Waals surface area contributed by atoms with E-state index in [4.69, 9.17) is 0 Å². The molecule has 198 valence electrons. The lowest BCUT2D eigenvalue weighted by atomic mass is 9.73. The average Bonchev–Trinajstić information content (AvgIpc) is 3.24. The Hall–Kier alpha value is -3.60. The van der Waals surface area contributed by atoms with Gasteiger partial charge in [0.05, 0.1) is 12.5 Å². The monoisotopic (exact) mass is 531 g/mol. The molecule has 3 atom stereocenters. The van der Waals surface area contributed by atoms with Crippen LogP contribution in [-0.2, 0) is 14.4 Å². The van der Waals surface area contributed by atoms with Crippen LogP contribution in [0.25, 0.3) is 0 Å². The second-order valence-corrected chi connectivity index (χ2v) is 10.9. The van der Waals surface area contributed by atoms with Crippen LogP contribution >= 0.6 is 11.8 Å². The van der Waals surface area contributed by atoms with Crippen molar-refractivity contribution in [3.05, 3.63) is 65.5 Å². The number of urea groups is 1. The molecule has 4 N–H and O–H groups in total. The maximum Gasteiger partial charge on any atom is 0.331 e. The summed E-state index contributed by atoms with van der Waals surface area (Å²) < 4.78 is 14.7. The molecule has 3 amide bonds. The second-order valence-electron chi connectivity index (χ2n) is 9.86. The summed E-state index contributed by atoms with van der Waals surface area (Å²) in [6.07, 6.45) is 0. The minimum absolute atomic E-state index is 0.0390. The largest absolute Gasteiger partial charge is 0.481 e. The zero-order valence-corrected chi connectivity index (χ0v) is 21.8. The van der Waals surface area contributed by atoms with Crippen molar-refractivity contribution >= 4 is 41.3 Å². The third kappa shape index (κ3) is 5.56. The molecule has 9 nitrogen and oxygen atoms in total. The van der Waals surface area contributed by atoms with Crippen molar-refractivity contribution < 1.29 is 33.8 Å². The van der Waals surface area contributed by atoms with Gasteiger partial charge < -0.3 is 25.7 Å². The Bertz CT molecular complexity index is 1220. The normalized spacial score (nSPS) is 20.2. The van der Waals surface area contributed by atoms with Crippen molar-refractivity contribution in [2.24, 2.45) is 5.41 Å². The first kappa shape index (κ1) is 28.0. The molecule has 1 heterocycles. The molecule has 2 aromatic rings. The Labute approximate surface area is 218 Å². The smallest absolute Gasteiger partial charge is 0.331 e. The van der Waals surface area contributed by atoms with Gasteiger partial charge in [0.25, 0.3) is 0 Å². The molecule has 0 spiro atoms. The SMILES string of the molecule is CC(C(=O)O)c1cccc(NC(=O)NCC(=O)N2C(c3ccccc3F)SCC2(C(=O)O)C(C)(C)C)c1. The van der Waals surface area contributed by atoms with Gasteiger partial charge in [0.2, 0.25) is 5.91 Å². The molecular formula is C26H30FN3O6S. The predicted octanol–water partition coefficient (Wildman–Crippen LogP) is 4.28. The van der Waals surface area contributed by atoms with Gasteiger partial charge in [-0.15, -0.1) is 11.8 Å². The van der Waals surface area contributed by atoms with Crippen LogP contribution in [0, 0.1) is 11.2 Å². The molecule has 0 radical (unpaired) electrons. The summed E-state index contributed by atoms with van der Waals surface area (Å²) in [4.78, 5) is 51.1. The van der Waals surface area contributed by atoms with Crippen molar-refractivity contribution in [1.82, 2.24) is 10.2 Å². The molecule has 3 unspecified atom stereocenters. The maximum atomic E-state index is 14.7. The number of carbonyl (C=O) groups excluding carboxylic acids is 2. The van der Waals surface area contributed by atoms with Crippen LogP contribution in [-0.4, -0.2) is 56.8 Å². The summed E-state index contributed by atoms with van der Waals surface area (Å²) in [7, 11) is 0. The molecule has 0 saturated carbocycles. The van der Waals surface area contributed by atoms with E-state index in [9.17, 15) is 33.8 Å².